The number of rotatable bonds is 3. The molecule has 0 aliphatic carbocycles. The van der Waals surface area contributed by atoms with Crippen LogP contribution in [-0.4, -0.2) is 65.1 Å². The van der Waals surface area contributed by atoms with E-state index in [9.17, 15) is 24.4 Å². The van der Waals surface area contributed by atoms with Crippen molar-refractivity contribution < 1.29 is 19.2 Å². The zero-order chi connectivity index (χ0) is 19.8. The van der Waals surface area contributed by atoms with Crippen LogP contribution in [0, 0.1) is 11.3 Å². The second-order valence-corrected chi connectivity index (χ2v) is 7.11. The number of hydrogen-bond donors (Lipinski definition) is 2. The number of piperidine rings is 1. The Bertz CT molecular complexity index is 921. The van der Waals surface area contributed by atoms with Crippen LogP contribution >= 0.6 is 0 Å². The molecule has 28 heavy (non-hydrogen) atoms. The molecule has 4 amide bonds. The molecule has 3 heterocycles. The van der Waals surface area contributed by atoms with Crippen LogP contribution in [0.2, 0.25) is 0 Å². The molecule has 0 aromatic heterocycles. The van der Waals surface area contributed by atoms with Crippen molar-refractivity contribution in [3.63, 3.8) is 0 Å². The van der Waals surface area contributed by atoms with Gasteiger partial charge in [-0.3, -0.25) is 34.3 Å². The van der Waals surface area contributed by atoms with Crippen molar-refractivity contribution in [2.24, 2.45) is 0 Å². The molecule has 1 aromatic carbocycles. The van der Waals surface area contributed by atoms with E-state index in [2.05, 4.69) is 16.7 Å². The maximum atomic E-state index is 13.1. The van der Waals surface area contributed by atoms with Crippen molar-refractivity contribution in [1.82, 2.24) is 20.4 Å². The van der Waals surface area contributed by atoms with Crippen LogP contribution in [0.5, 0.6) is 0 Å². The Labute approximate surface area is 161 Å². The lowest BCUT2D eigenvalue weighted by atomic mass is 10.0. The van der Waals surface area contributed by atoms with Gasteiger partial charge in [0.15, 0.2) is 0 Å². The summed E-state index contributed by atoms with van der Waals surface area (Å²) in [5, 5.41) is 14.7. The van der Waals surface area contributed by atoms with E-state index in [0.717, 1.165) is 11.4 Å². The first-order valence-corrected chi connectivity index (χ1v) is 9.19. The number of amides is 4. The minimum absolute atomic E-state index is 0.0846. The lowest BCUT2D eigenvalue weighted by Crippen LogP contribution is -2.54. The van der Waals surface area contributed by atoms with Gasteiger partial charge in [0.05, 0.1) is 17.2 Å². The quantitative estimate of drug-likeness (QED) is 0.669. The van der Waals surface area contributed by atoms with Crippen molar-refractivity contribution >= 4 is 23.6 Å². The molecule has 144 valence electrons. The van der Waals surface area contributed by atoms with Gasteiger partial charge in [0.25, 0.3) is 11.8 Å². The molecule has 3 aliphatic heterocycles. The van der Waals surface area contributed by atoms with E-state index in [1.165, 1.54) is 0 Å². The fraction of sp³-hybridized carbons (Fsp3) is 0.421. The molecule has 0 bridgehead atoms. The third kappa shape index (κ3) is 2.96. The van der Waals surface area contributed by atoms with E-state index in [1.54, 1.807) is 18.2 Å². The Balaban J connectivity index is 1.64. The molecule has 0 radical (unpaired) electrons. The van der Waals surface area contributed by atoms with E-state index in [4.69, 9.17) is 0 Å². The maximum Gasteiger partial charge on any atom is 0.262 e. The Kier molecular flexibility index (Phi) is 4.66. The van der Waals surface area contributed by atoms with Gasteiger partial charge in [0.1, 0.15) is 12.1 Å². The predicted octanol–water partition coefficient (Wildman–Crippen LogP) is -0.615. The number of nitrogens with zero attached hydrogens (tertiary/aromatic N) is 3. The van der Waals surface area contributed by atoms with Crippen LogP contribution in [-0.2, 0) is 16.1 Å². The molecule has 4 rings (SSSR count). The number of benzene rings is 1. The SMILES string of the molecule is N#CC1CNCCN1Cc1cccc2c1C(=O)N(C1CCC(=O)NC1=O)C2=O. The van der Waals surface area contributed by atoms with Crippen LogP contribution in [0.4, 0.5) is 0 Å². The zero-order valence-corrected chi connectivity index (χ0v) is 15.1. The molecule has 0 saturated carbocycles. The van der Waals surface area contributed by atoms with Crippen molar-refractivity contribution in [3.05, 3.63) is 34.9 Å². The van der Waals surface area contributed by atoms with Gasteiger partial charge in [-0.05, 0) is 18.1 Å². The first kappa shape index (κ1) is 18.3. The van der Waals surface area contributed by atoms with Crippen LogP contribution < -0.4 is 10.6 Å². The van der Waals surface area contributed by atoms with Crippen molar-refractivity contribution in [3.8, 4) is 6.07 Å². The van der Waals surface area contributed by atoms with E-state index < -0.39 is 29.7 Å². The number of carbonyl (C=O) groups is 4. The van der Waals surface area contributed by atoms with Gasteiger partial charge in [0, 0.05) is 32.6 Å². The molecule has 2 unspecified atom stereocenters. The summed E-state index contributed by atoms with van der Waals surface area (Å²) in [7, 11) is 0. The van der Waals surface area contributed by atoms with Gasteiger partial charge in [-0.1, -0.05) is 12.1 Å². The molecule has 9 heteroatoms. The highest BCUT2D eigenvalue weighted by molar-refractivity contribution is 6.24. The number of carbonyl (C=O) groups excluding carboxylic acids is 4. The lowest BCUT2D eigenvalue weighted by molar-refractivity contribution is -0.136. The summed E-state index contributed by atoms with van der Waals surface area (Å²) in [4.78, 5) is 52.5. The van der Waals surface area contributed by atoms with Crippen LogP contribution in [0.3, 0.4) is 0 Å². The number of hydrogen-bond acceptors (Lipinski definition) is 7. The smallest absolute Gasteiger partial charge is 0.262 e. The molecular weight excluding hydrogens is 362 g/mol. The van der Waals surface area contributed by atoms with Crippen LogP contribution in [0.1, 0.15) is 39.1 Å². The highest BCUT2D eigenvalue weighted by Gasteiger charge is 2.45. The summed E-state index contributed by atoms with van der Waals surface area (Å²) in [6, 6.07) is 6.00. The lowest BCUT2D eigenvalue weighted by Gasteiger charge is -2.32. The standard InChI is InChI=1S/C19H19N5O4/c20-8-12-9-21-6-7-23(12)10-11-2-1-3-13-16(11)19(28)24(18(13)27)14-4-5-15(25)22-17(14)26/h1-3,12,14,21H,4-7,9-10H2,(H,22,25,26). The second-order valence-electron chi connectivity index (χ2n) is 7.11. The summed E-state index contributed by atoms with van der Waals surface area (Å²) in [6.07, 6.45) is 0.209. The highest BCUT2D eigenvalue weighted by Crippen LogP contribution is 2.30. The Morgan fingerprint density at radius 1 is 1.18 bits per heavy atom. The number of nitrogens with one attached hydrogen (secondary N) is 2. The van der Waals surface area contributed by atoms with Crippen molar-refractivity contribution in [1.29, 1.82) is 5.26 Å². The minimum Gasteiger partial charge on any atom is -0.313 e. The molecule has 2 N–H and O–H groups in total. The van der Waals surface area contributed by atoms with Gasteiger partial charge in [0.2, 0.25) is 11.8 Å². The van der Waals surface area contributed by atoms with Gasteiger partial charge in [-0.2, -0.15) is 5.26 Å². The largest absolute Gasteiger partial charge is 0.313 e. The van der Waals surface area contributed by atoms with Gasteiger partial charge in [-0.15, -0.1) is 0 Å². The van der Waals surface area contributed by atoms with Crippen molar-refractivity contribution in [2.45, 2.75) is 31.5 Å². The van der Waals surface area contributed by atoms with Gasteiger partial charge >= 0.3 is 0 Å². The summed E-state index contributed by atoms with van der Waals surface area (Å²) >= 11 is 0. The number of piperazine rings is 1. The van der Waals surface area contributed by atoms with Gasteiger partial charge < -0.3 is 5.32 Å². The second kappa shape index (κ2) is 7.14. The molecule has 2 atom stereocenters. The van der Waals surface area contributed by atoms with Crippen molar-refractivity contribution in [2.75, 3.05) is 19.6 Å². The monoisotopic (exact) mass is 381 g/mol. The Morgan fingerprint density at radius 2 is 2.00 bits per heavy atom. The average molecular weight is 381 g/mol. The number of imide groups is 2. The van der Waals surface area contributed by atoms with E-state index in [-0.39, 0.29) is 30.0 Å². The normalized spacial score (nSPS) is 25.5. The summed E-state index contributed by atoms with van der Waals surface area (Å²) < 4.78 is 0. The van der Waals surface area contributed by atoms with Crippen LogP contribution in [0.15, 0.2) is 18.2 Å². The fourth-order valence-electron chi connectivity index (χ4n) is 4.00. The number of nitriles is 1. The first-order chi connectivity index (χ1) is 13.5. The maximum absolute atomic E-state index is 13.1. The fourth-order valence-corrected chi connectivity index (χ4v) is 4.00. The summed E-state index contributed by atoms with van der Waals surface area (Å²) in [5.41, 5.74) is 1.20. The molecule has 2 fully saturated rings. The number of fused-ring (bicyclic) bond motifs is 1. The first-order valence-electron chi connectivity index (χ1n) is 9.19. The molecule has 1 aromatic rings. The highest BCUT2D eigenvalue weighted by atomic mass is 16.2. The molecular formula is C19H19N5O4. The third-order valence-corrected chi connectivity index (χ3v) is 5.43. The van der Waals surface area contributed by atoms with Crippen LogP contribution in [0.25, 0.3) is 0 Å². The topological polar surface area (TPSA) is 123 Å². The molecule has 2 saturated heterocycles. The molecule has 9 nitrogen and oxygen atoms in total. The Morgan fingerprint density at radius 3 is 2.75 bits per heavy atom. The average Bonchev–Trinajstić information content (AvgIpc) is 2.94. The van der Waals surface area contributed by atoms with E-state index in [0.29, 0.717) is 25.2 Å². The minimum atomic E-state index is -0.982. The molecule has 3 aliphatic rings. The summed E-state index contributed by atoms with van der Waals surface area (Å²) in [6.45, 7) is 2.30. The molecule has 0 spiro atoms. The van der Waals surface area contributed by atoms with Gasteiger partial charge in [-0.25, -0.2) is 0 Å². The summed E-state index contributed by atoms with van der Waals surface area (Å²) in [5.74, 6) is -2.07. The van der Waals surface area contributed by atoms with E-state index in [1.807, 2.05) is 4.90 Å². The Hall–Kier alpha value is -3.09. The predicted molar refractivity (Wildman–Crippen MR) is 95.8 cm³/mol. The van der Waals surface area contributed by atoms with E-state index >= 15 is 0 Å². The third-order valence-electron chi connectivity index (χ3n) is 5.43. The zero-order valence-electron chi connectivity index (χ0n) is 15.1.